The first-order chi connectivity index (χ1) is 10.1. The number of carbonyl (C=O) groups is 2. The first-order valence-electron chi connectivity index (χ1n) is 7.43. The molecule has 2 saturated heterocycles. The molecular formula is C16H19FN2O2. The molecule has 4 nitrogen and oxygen atoms in total. The molecule has 1 aromatic rings. The van der Waals surface area contributed by atoms with Crippen molar-refractivity contribution in [2.24, 2.45) is 0 Å². The highest BCUT2D eigenvalue weighted by Gasteiger charge is 2.44. The first kappa shape index (κ1) is 14.0. The third-order valence-corrected chi connectivity index (χ3v) is 4.45. The predicted octanol–water partition coefficient (Wildman–Crippen LogP) is 1.94. The van der Waals surface area contributed by atoms with Crippen LogP contribution in [0.15, 0.2) is 24.3 Å². The maximum absolute atomic E-state index is 13.0. The molecule has 0 spiro atoms. The highest BCUT2D eigenvalue weighted by atomic mass is 19.1. The Kier molecular flexibility index (Phi) is 3.66. The van der Waals surface area contributed by atoms with Crippen LogP contribution in [0.25, 0.3) is 0 Å². The van der Waals surface area contributed by atoms with Gasteiger partial charge in [-0.2, -0.15) is 0 Å². The summed E-state index contributed by atoms with van der Waals surface area (Å²) in [7, 11) is 0. The lowest BCUT2D eigenvalue weighted by atomic mass is 9.95. The minimum Gasteiger partial charge on any atom is -0.329 e. The second-order valence-electron chi connectivity index (χ2n) is 5.81. The Morgan fingerprint density at radius 2 is 1.86 bits per heavy atom. The highest BCUT2D eigenvalue weighted by molar-refractivity contribution is 5.96. The number of hydrogen-bond donors (Lipinski definition) is 0. The van der Waals surface area contributed by atoms with Crippen molar-refractivity contribution in [2.75, 3.05) is 6.54 Å². The van der Waals surface area contributed by atoms with Crippen LogP contribution in [0, 0.1) is 5.82 Å². The summed E-state index contributed by atoms with van der Waals surface area (Å²) in [6.07, 6.45) is 2.70. The lowest BCUT2D eigenvalue weighted by Crippen LogP contribution is -2.64. The maximum atomic E-state index is 13.0. The first-order valence-corrected chi connectivity index (χ1v) is 7.43. The fraction of sp³-hybridized carbons (Fsp3) is 0.500. The lowest BCUT2D eigenvalue weighted by molar-refractivity contribution is -0.163. The minimum absolute atomic E-state index is 0.0196. The van der Waals surface area contributed by atoms with Gasteiger partial charge in [-0.05, 0) is 43.9 Å². The number of piperazine rings is 1. The molecule has 0 radical (unpaired) electrons. The fourth-order valence-corrected chi connectivity index (χ4v) is 3.21. The number of benzene rings is 1. The molecule has 0 saturated carbocycles. The average molecular weight is 290 g/mol. The van der Waals surface area contributed by atoms with Crippen molar-refractivity contribution in [1.82, 2.24) is 9.80 Å². The van der Waals surface area contributed by atoms with E-state index in [1.807, 2.05) is 0 Å². The van der Waals surface area contributed by atoms with Crippen LogP contribution in [0.1, 0.15) is 31.7 Å². The van der Waals surface area contributed by atoms with E-state index in [0.717, 1.165) is 24.8 Å². The van der Waals surface area contributed by atoms with E-state index in [-0.39, 0.29) is 23.7 Å². The molecule has 2 aliphatic heterocycles. The Morgan fingerprint density at radius 3 is 2.57 bits per heavy atom. The fourth-order valence-electron chi connectivity index (χ4n) is 3.21. The van der Waals surface area contributed by atoms with Gasteiger partial charge in [0.25, 0.3) is 0 Å². The van der Waals surface area contributed by atoms with E-state index in [1.54, 1.807) is 28.9 Å². The summed E-state index contributed by atoms with van der Waals surface area (Å²) in [5.41, 5.74) is 0.841. The summed E-state index contributed by atoms with van der Waals surface area (Å²) in [6.45, 7) is 2.81. The quantitative estimate of drug-likeness (QED) is 0.835. The third-order valence-electron chi connectivity index (χ3n) is 4.45. The van der Waals surface area contributed by atoms with Gasteiger partial charge in [-0.1, -0.05) is 12.1 Å². The van der Waals surface area contributed by atoms with Gasteiger partial charge in [-0.3, -0.25) is 9.59 Å². The minimum atomic E-state index is -0.447. The van der Waals surface area contributed by atoms with E-state index in [2.05, 4.69) is 0 Å². The second kappa shape index (κ2) is 5.47. The number of nitrogens with zero attached hydrogens (tertiary/aromatic N) is 2. The van der Waals surface area contributed by atoms with Crippen molar-refractivity contribution in [3.05, 3.63) is 35.6 Å². The molecule has 2 fully saturated rings. The van der Waals surface area contributed by atoms with E-state index in [0.29, 0.717) is 13.1 Å². The van der Waals surface area contributed by atoms with Crippen LogP contribution in [-0.4, -0.2) is 40.2 Å². The van der Waals surface area contributed by atoms with Crippen molar-refractivity contribution in [2.45, 2.75) is 44.8 Å². The Balaban J connectivity index is 1.82. The van der Waals surface area contributed by atoms with Crippen LogP contribution in [0.3, 0.4) is 0 Å². The highest BCUT2D eigenvalue weighted by Crippen LogP contribution is 2.27. The zero-order valence-corrected chi connectivity index (χ0v) is 12.1. The van der Waals surface area contributed by atoms with E-state index >= 15 is 0 Å². The van der Waals surface area contributed by atoms with Gasteiger partial charge in [-0.25, -0.2) is 4.39 Å². The van der Waals surface area contributed by atoms with Crippen LogP contribution in [0.4, 0.5) is 4.39 Å². The molecule has 3 rings (SSSR count). The summed E-state index contributed by atoms with van der Waals surface area (Å²) in [4.78, 5) is 28.4. The van der Waals surface area contributed by atoms with E-state index in [9.17, 15) is 14.0 Å². The van der Waals surface area contributed by atoms with Crippen LogP contribution < -0.4 is 0 Å². The predicted molar refractivity (Wildman–Crippen MR) is 75.8 cm³/mol. The second-order valence-corrected chi connectivity index (χ2v) is 5.81. The Hall–Kier alpha value is -1.91. The van der Waals surface area contributed by atoms with E-state index < -0.39 is 6.04 Å². The van der Waals surface area contributed by atoms with Crippen LogP contribution >= 0.6 is 0 Å². The number of fused-ring (bicyclic) bond motifs is 1. The van der Waals surface area contributed by atoms with Gasteiger partial charge in [0.15, 0.2) is 0 Å². The number of piperidine rings is 1. The SMILES string of the molecule is CC1C(=O)N2CCCCC2C(=O)N1Cc1ccc(F)cc1. The maximum Gasteiger partial charge on any atom is 0.246 e. The molecule has 2 unspecified atom stereocenters. The van der Waals surface area contributed by atoms with Gasteiger partial charge < -0.3 is 9.80 Å². The van der Waals surface area contributed by atoms with Crippen LogP contribution in [-0.2, 0) is 16.1 Å². The van der Waals surface area contributed by atoms with Gasteiger partial charge in [0.05, 0.1) is 0 Å². The Labute approximate surface area is 123 Å². The number of rotatable bonds is 2. The van der Waals surface area contributed by atoms with Crippen molar-refractivity contribution in [3.63, 3.8) is 0 Å². The lowest BCUT2D eigenvalue weighted by Gasteiger charge is -2.46. The van der Waals surface area contributed by atoms with Crippen molar-refractivity contribution >= 4 is 11.8 Å². The van der Waals surface area contributed by atoms with Gasteiger partial charge in [0.2, 0.25) is 11.8 Å². The number of amides is 2. The van der Waals surface area contributed by atoms with E-state index in [1.165, 1.54) is 12.1 Å². The summed E-state index contributed by atoms with van der Waals surface area (Å²) < 4.78 is 13.0. The molecule has 0 aromatic heterocycles. The standard InChI is InChI=1S/C16H19FN2O2/c1-11-15(20)18-9-3-2-4-14(18)16(21)19(11)10-12-5-7-13(17)8-6-12/h5-8,11,14H,2-4,9-10H2,1H3. The van der Waals surface area contributed by atoms with Gasteiger partial charge in [-0.15, -0.1) is 0 Å². The zero-order valence-electron chi connectivity index (χ0n) is 12.1. The van der Waals surface area contributed by atoms with Crippen molar-refractivity contribution in [3.8, 4) is 0 Å². The summed E-state index contributed by atoms with van der Waals surface area (Å²) in [5, 5.41) is 0. The van der Waals surface area contributed by atoms with Gasteiger partial charge in [0.1, 0.15) is 17.9 Å². The largest absolute Gasteiger partial charge is 0.329 e. The average Bonchev–Trinajstić information content (AvgIpc) is 2.51. The van der Waals surface area contributed by atoms with Crippen LogP contribution in [0.5, 0.6) is 0 Å². The van der Waals surface area contributed by atoms with Crippen molar-refractivity contribution < 1.29 is 14.0 Å². The molecular weight excluding hydrogens is 271 g/mol. The van der Waals surface area contributed by atoms with E-state index in [4.69, 9.17) is 0 Å². The topological polar surface area (TPSA) is 40.6 Å². The molecule has 112 valence electrons. The summed E-state index contributed by atoms with van der Waals surface area (Å²) >= 11 is 0. The zero-order chi connectivity index (χ0) is 15.0. The van der Waals surface area contributed by atoms with Crippen molar-refractivity contribution in [1.29, 1.82) is 0 Å². The molecule has 2 heterocycles. The molecule has 2 aliphatic rings. The Morgan fingerprint density at radius 1 is 1.14 bits per heavy atom. The summed E-state index contributed by atoms with van der Waals surface area (Å²) in [5.74, 6) is -0.251. The normalized spacial score (nSPS) is 26.0. The smallest absolute Gasteiger partial charge is 0.246 e. The molecule has 0 N–H and O–H groups in total. The third kappa shape index (κ3) is 2.52. The van der Waals surface area contributed by atoms with Crippen LogP contribution in [0.2, 0.25) is 0 Å². The van der Waals surface area contributed by atoms with Gasteiger partial charge >= 0.3 is 0 Å². The van der Waals surface area contributed by atoms with Gasteiger partial charge in [0, 0.05) is 13.1 Å². The molecule has 1 aromatic carbocycles. The monoisotopic (exact) mass is 290 g/mol. The number of hydrogen-bond acceptors (Lipinski definition) is 2. The summed E-state index contributed by atoms with van der Waals surface area (Å²) in [6, 6.07) is 5.33. The number of halogens is 1. The molecule has 2 atom stereocenters. The molecule has 2 amide bonds. The number of carbonyl (C=O) groups excluding carboxylic acids is 2. The molecule has 0 bridgehead atoms. The molecule has 0 aliphatic carbocycles. The molecule has 5 heteroatoms. The Bertz CT molecular complexity index is 558. The molecule has 21 heavy (non-hydrogen) atoms.